The SMILES string of the molecule is O=C(CCc1ccccc1)N1CC(S(=O)(=O)C2CCCCC2)C1. The van der Waals surface area contributed by atoms with Gasteiger partial charge in [-0.05, 0) is 24.8 Å². The quantitative estimate of drug-likeness (QED) is 0.831. The second-order valence-electron chi connectivity index (χ2n) is 6.76. The number of carbonyl (C=O) groups is 1. The molecule has 1 aromatic rings. The summed E-state index contributed by atoms with van der Waals surface area (Å²) in [4.78, 5) is 13.9. The normalized spacial score (nSPS) is 20.3. The van der Waals surface area contributed by atoms with Gasteiger partial charge in [0.15, 0.2) is 9.84 Å². The summed E-state index contributed by atoms with van der Waals surface area (Å²) >= 11 is 0. The van der Waals surface area contributed by atoms with Gasteiger partial charge in [-0.2, -0.15) is 0 Å². The molecule has 0 N–H and O–H groups in total. The van der Waals surface area contributed by atoms with E-state index in [0.29, 0.717) is 19.5 Å². The number of rotatable bonds is 5. The zero-order valence-electron chi connectivity index (χ0n) is 13.5. The summed E-state index contributed by atoms with van der Waals surface area (Å²) in [5.41, 5.74) is 1.15. The molecule has 1 saturated carbocycles. The minimum atomic E-state index is -3.05. The van der Waals surface area contributed by atoms with E-state index in [1.165, 1.54) is 0 Å². The Bertz CT molecular complexity index is 629. The van der Waals surface area contributed by atoms with Gasteiger partial charge in [-0.1, -0.05) is 49.6 Å². The summed E-state index contributed by atoms with van der Waals surface area (Å²) in [6.07, 6.45) is 5.99. The first-order valence-electron chi connectivity index (χ1n) is 8.62. The Morgan fingerprint density at radius 2 is 1.65 bits per heavy atom. The lowest BCUT2D eigenvalue weighted by atomic mass is 10.0. The van der Waals surface area contributed by atoms with Crippen LogP contribution >= 0.6 is 0 Å². The minimum absolute atomic E-state index is 0.0731. The summed E-state index contributed by atoms with van der Waals surface area (Å²) in [5, 5.41) is -0.492. The zero-order chi connectivity index (χ0) is 16.3. The standard InChI is InChI=1S/C18H25NO3S/c20-18(12-11-15-7-3-1-4-8-15)19-13-17(14-19)23(21,22)16-9-5-2-6-10-16/h1,3-4,7-8,16-17H,2,5-6,9-14H2. The van der Waals surface area contributed by atoms with E-state index in [0.717, 1.165) is 44.1 Å². The Kier molecular flexibility index (Phi) is 5.05. The van der Waals surface area contributed by atoms with Crippen molar-refractivity contribution in [3.8, 4) is 0 Å². The molecule has 1 aromatic carbocycles. The summed E-state index contributed by atoms with van der Waals surface area (Å²) in [7, 11) is -3.05. The van der Waals surface area contributed by atoms with Crippen LogP contribution in [0.25, 0.3) is 0 Å². The van der Waals surface area contributed by atoms with Crippen LogP contribution in [0, 0.1) is 0 Å². The van der Waals surface area contributed by atoms with Crippen LogP contribution in [0.1, 0.15) is 44.1 Å². The maximum Gasteiger partial charge on any atom is 0.222 e. The van der Waals surface area contributed by atoms with Gasteiger partial charge in [0.1, 0.15) is 0 Å². The molecule has 4 nitrogen and oxygen atoms in total. The van der Waals surface area contributed by atoms with E-state index in [2.05, 4.69) is 0 Å². The summed E-state index contributed by atoms with van der Waals surface area (Å²) < 4.78 is 25.2. The average Bonchev–Trinajstić information content (AvgIpc) is 2.53. The predicted molar refractivity (Wildman–Crippen MR) is 90.9 cm³/mol. The van der Waals surface area contributed by atoms with Crippen molar-refractivity contribution in [3.63, 3.8) is 0 Å². The highest BCUT2D eigenvalue weighted by Gasteiger charge is 2.43. The molecule has 3 rings (SSSR count). The molecule has 1 saturated heterocycles. The largest absolute Gasteiger partial charge is 0.340 e. The smallest absolute Gasteiger partial charge is 0.222 e. The van der Waals surface area contributed by atoms with E-state index in [4.69, 9.17) is 0 Å². The Morgan fingerprint density at radius 3 is 2.30 bits per heavy atom. The highest BCUT2D eigenvalue weighted by Crippen LogP contribution is 2.30. The van der Waals surface area contributed by atoms with Crippen molar-refractivity contribution in [1.82, 2.24) is 4.90 Å². The van der Waals surface area contributed by atoms with Crippen LogP contribution < -0.4 is 0 Å². The molecule has 0 spiro atoms. The second-order valence-corrected chi connectivity index (χ2v) is 9.27. The van der Waals surface area contributed by atoms with Crippen molar-refractivity contribution in [3.05, 3.63) is 35.9 Å². The van der Waals surface area contributed by atoms with Crippen LogP contribution in [0.15, 0.2) is 30.3 Å². The number of aryl methyl sites for hydroxylation is 1. The Balaban J connectivity index is 1.47. The van der Waals surface area contributed by atoms with E-state index in [-0.39, 0.29) is 16.4 Å². The third-order valence-corrected chi connectivity index (χ3v) is 7.78. The summed E-state index contributed by atoms with van der Waals surface area (Å²) in [6, 6.07) is 9.92. The van der Waals surface area contributed by atoms with E-state index in [1.54, 1.807) is 4.90 Å². The van der Waals surface area contributed by atoms with Gasteiger partial charge in [0.25, 0.3) is 0 Å². The monoisotopic (exact) mass is 335 g/mol. The predicted octanol–water partition coefficient (Wildman–Crippen LogP) is 2.58. The van der Waals surface area contributed by atoms with Crippen LogP contribution in [-0.2, 0) is 21.1 Å². The first-order valence-corrected chi connectivity index (χ1v) is 10.2. The number of benzene rings is 1. The third kappa shape index (κ3) is 3.77. The van der Waals surface area contributed by atoms with Crippen molar-refractivity contribution in [2.24, 2.45) is 0 Å². The van der Waals surface area contributed by atoms with Crippen molar-refractivity contribution in [2.75, 3.05) is 13.1 Å². The Morgan fingerprint density at radius 1 is 1.00 bits per heavy atom. The van der Waals surface area contributed by atoms with Crippen LogP contribution in [-0.4, -0.2) is 42.8 Å². The number of nitrogens with zero attached hydrogens (tertiary/aromatic N) is 1. The minimum Gasteiger partial charge on any atom is -0.340 e. The highest BCUT2D eigenvalue weighted by molar-refractivity contribution is 7.92. The fraction of sp³-hybridized carbons (Fsp3) is 0.611. The van der Waals surface area contributed by atoms with E-state index < -0.39 is 9.84 Å². The van der Waals surface area contributed by atoms with Crippen molar-refractivity contribution >= 4 is 15.7 Å². The molecule has 1 amide bonds. The number of carbonyl (C=O) groups excluding carboxylic acids is 1. The van der Waals surface area contributed by atoms with Gasteiger partial charge < -0.3 is 4.90 Å². The zero-order valence-corrected chi connectivity index (χ0v) is 14.3. The van der Waals surface area contributed by atoms with Gasteiger partial charge in [0.2, 0.25) is 5.91 Å². The molecule has 0 atom stereocenters. The Hall–Kier alpha value is -1.36. The molecule has 5 heteroatoms. The van der Waals surface area contributed by atoms with Crippen LogP contribution in [0.4, 0.5) is 0 Å². The molecular weight excluding hydrogens is 310 g/mol. The lowest BCUT2D eigenvalue weighted by Crippen LogP contribution is -2.58. The highest BCUT2D eigenvalue weighted by atomic mass is 32.2. The molecule has 0 unspecified atom stereocenters. The van der Waals surface area contributed by atoms with Gasteiger partial charge in [-0.25, -0.2) is 8.42 Å². The van der Waals surface area contributed by atoms with Crippen LogP contribution in [0.3, 0.4) is 0 Å². The molecule has 1 aliphatic carbocycles. The molecule has 0 radical (unpaired) electrons. The molecule has 1 aliphatic heterocycles. The maximum absolute atomic E-state index is 12.6. The molecule has 23 heavy (non-hydrogen) atoms. The molecule has 0 bridgehead atoms. The van der Waals surface area contributed by atoms with E-state index in [1.807, 2.05) is 30.3 Å². The van der Waals surface area contributed by atoms with E-state index in [9.17, 15) is 13.2 Å². The van der Waals surface area contributed by atoms with Gasteiger partial charge in [0, 0.05) is 19.5 Å². The lowest BCUT2D eigenvalue weighted by molar-refractivity contribution is -0.134. The third-order valence-electron chi connectivity index (χ3n) is 5.15. The van der Waals surface area contributed by atoms with Crippen molar-refractivity contribution < 1.29 is 13.2 Å². The topological polar surface area (TPSA) is 54.5 Å². The van der Waals surface area contributed by atoms with Crippen LogP contribution in [0.5, 0.6) is 0 Å². The molecule has 126 valence electrons. The number of likely N-dealkylation sites (tertiary alicyclic amines) is 1. The van der Waals surface area contributed by atoms with Gasteiger partial charge in [0.05, 0.1) is 10.5 Å². The van der Waals surface area contributed by atoms with Gasteiger partial charge in [-0.3, -0.25) is 4.79 Å². The number of amides is 1. The Labute approximate surface area is 138 Å². The summed E-state index contributed by atoms with van der Waals surface area (Å²) in [6.45, 7) is 0.791. The first kappa shape index (κ1) is 16.5. The fourth-order valence-electron chi connectivity index (χ4n) is 3.57. The van der Waals surface area contributed by atoms with Crippen LogP contribution in [0.2, 0.25) is 0 Å². The fourth-order valence-corrected chi connectivity index (χ4v) is 5.88. The second kappa shape index (κ2) is 7.04. The molecule has 1 heterocycles. The van der Waals surface area contributed by atoms with Gasteiger partial charge >= 0.3 is 0 Å². The number of hydrogen-bond donors (Lipinski definition) is 0. The van der Waals surface area contributed by atoms with Crippen molar-refractivity contribution in [2.45, 2.75) is 55.4 Å². The lowest BCUT2D eigenvalue weighted by Gasteiger charge is -2.41. The van der Waals surface area contributed by atoms with Crippen molar-refractivity contribution in [1.29, 1.82) is 0 Å². The van der Waals surface area contributed by atoms with E-state index >= 15 is 0 Å². The molecular formula is C18H25NO3S. The average molecular weight is 335 g/mol. The molecule has 0 aromatic heterocycles. The maximum atomic E-state index is 12.6. The molecule has 2 fully saturated rings. The number of sulfone groups is 1. The van der Waals surface area contributed by atoms with Gasteiger partial charge in [-0.15, -0.1) is 0 Å². The first-order chi connectivity index (χ1) is 11.1. The summed E-state index contributed by atoms with van der Waals surface area (Å²) in [5.74, 6) is 0.0731. The number of hydrogen-bond acceptors (Lipinski definition) is 3. The molecule has 2 aliphatic rings.